The van der Waals surface area contributed by atoms with Crippen LogP contribution in [0.5, 0.6) is 0 Å². The average molecular weight is 603 g/mol. The Morgan fingerprint density at radius 3 is 1.26 bits per heavy atom. The number of carbonyl (C=O) groups excluding carboxylic acids is 3. The van der Waals surface area contributed by atoms with E-state index in [2.05, 4.69) is 0 Å². The van der Waals surface area contributed by atoms with Crippen LogP contribution in [0.3, 0.4) is 0 Å². The van der Waals surface area contributed by atoms with E-state index in [4.69, 9.17) is 42.6 Å². The van der Waals surface area contributed by atoms with Crippen molar-refractivity contribution in [2.75, 3.05) is 33.0 Å². The van der Waals surface area contributed by atoms with E-state index in [0.29, 0.717) is 19.8 Å². The van der Waals surface area contributed by atoms with E-state index in [9.17, 15) is 14.4 Å². The van der Waals surface area contributed by atoms with Crippen molar-refractivity contribution >= 4 is 17.9 Å². The third kappa shape index (κ3) is 14.6. The highest BCUT2D eigenvalue weighted by molar-refractivity contribution is 5.71. The summed E-state index contributed by atoms with van der Waals surface area (Å²) in [5, 5.41) is 0. The van der Waals surface area contributed by atoms with Gasteiger partial charge in [-0.1, -0.05) is 0 Å². The maximum absolute atomic E-state index is 12.7. The van der Waals surface area contributed by atoms with Crippen LogP contribution >= 0.6 is 0 Å². The second-order valence-corrected chi connectivity index (χ2v) is 11.3. The molecule has 12 heteroatoms. The highest BCUT2D eigenvalue weighted by Crippen LogP contribution is 2.19. The fraction of sp³-hybridized carbons (Fsp3) is 0.900. The highest BCUT2D eigenvalue weighted by atomic mass is 16.7. The molecule has 3 fully saturated rings. The number of hydrogen-bond acceptors (Lipinski definition) is 12. The molecule has 242 valence electrons. The minimum Gasteiger partial charge on any atom is -0.462 e. The molecule has 3 heterocycles. The van der Waals surface area contributed by atoms with Gasteiger partial charge in [-0.25, -0.2) is 0 Å². The van der Waals surface area contributed by atoms with Crippen molar-refractivity contribution in [2.24, 2.45) is 0 Å². The molecule has 6 atom stereocenters. The highest BCUT2D eigenvalue weighted by Gasteiger charge is 2.26. The third-order valence-electron chi connectivity index (χ3n) is 7.09. The zero-order chi connectivity index (χ0) is 30.2. The molecule has 0 aromatic heterocycles. The Balaban J connectivity index is 1.44. The van der Waals surface area contributed by atoms with Crippen molar-refractivity contribution in [3.63, 3.8) is 0 Å². The Labute approximate surface area is 249 Å². The van der Waals surface area contributed by atoms with Crippen LogP contribution in [-0.2, 0) is 57.0 Å². The Morgan fingerprint density at radius 1 is 0.571 bits per heavy atom. The first-order valence-corrected chi connectivity index (χ1v) is 15.6. The number of esters is 3. The van der Waals surface area contributed by atoms with Crippen molar-refractivity contribution in [2.45, 2.75) is 141 Å². The van der Waals surface area contributed by atoms with Gasteiger partial charge < -0.3 is 42.6 Å². The van der Waals surface area contributed by atoms with Gasteiger partial charge in [-0.15, -0.1) is 0 Å². The smallest absolute Gasteiger partial charge is 0.308 e. The number of carbonyl (C=O) groups is 3. The molecule has 42 heavy (non-hydrogen) atoms. The van der Waals surface area contributed by atoms with Crippen LogP contribution in [0.15, 0.2) is 0 Å². The molecule has 3 rings (SSSR count). The molecule has 0 radical (unpaired) electrons. The summed E-state index contributed by atoms with van der Waals surface area (Å²) in [6.07, 6.45) is 5.14. The van der Waals surface area contributed by atoms with Gasteiger partial charge in [0.25, 0.3) is 0 Å². The molecule has 12 nitrogen and oxygen atoms in total. The fourth-order valence-corrected chi connectivity index (χ4v) is 4.92. The zero-order valence-electron chi connectivity index (χ0n) is 25.5. The number of rotatable bonds is 17. The molecule has 3 saturated heterocycles. The molecule has 3 unspecified atom stereocenters. The lowest BCUT2D eigenvalue weighted by molar-refractivity contribution is -0.195. The molecule has 0 aromatic rings. The van der Waals surface area contributed by atoms with Crippen LogP contribution in [0.4, 0.5) is 0 Å². The van der Waals surface area contributed by atoms with E-state index in [0.717, 1.165) is 57.8 Å². The van der Waals surface area contributed by atoms with Gasteiger partial charge >= 0.3 is 17.9 Å². The van der Waals surface area contributed by atoms with Crippen LogP contribution in [0.25, 0.3) is 0 Å². The summed E-state index contributed by atoms with van der Waals surface area (Å²) >= 11 is 0. The summed E-state index contributed by atoms with van der Waals surface area (Å²) in [7, 11) is 0. The van der Waals surface area contributed by atoms with Crippen molar-refractivity contribution < 1.29 is 57.0 Å². The van der Waals surface area contributed by atoms with Crippen molar-refractivity contribution in [1.82, 2.24) is 0 Å². The van der Waals surface area contributed by atoms with Crippen LogP contribution in [0, 0.1) is 0 Å². The van der Waals surface area contributed by atoms with E-state index >= 15 is 0 Å². The molecule has 0 spiro atoms. The zero-order valence-corrected chi connectivity index (χ0v) is 25.5. The maximum Gasteiger partial charge on any atom is 0.308 e. The topological polar surface area (TPSA) is 134 Å². The first-order chi connectivity index (χ1) is 20.3. The first kappa shape index (κ1) is 34.7. The fourth-order valence-electron chi connectivity index (χ4n) is 4.92. The Hall–Kier alpha value is -1.83. The molecule has 0 amide bonds. The minimum atomic E-state index is -0.987. The summed E-state index contributed by atoms with van der Waals surface area (Å²) in [5.74, 6) is -1.61. The summed E-state index contributed by atoms with van der Waals surface area (Å²) in [4.78, 5) is 37.7. The van der Waals surface area contributed by atoms with Gasteiger partial charge in [-0.05, 0) is 78.6 Å². The summed E-state index contributed by atoms with van der Waals surface area (Å²) in [6.45, 7) is 6.70. The van der Waals surface area contributed by atoms with Crippen LogP contribution in [-0.4, -0.2) is 94.2 Å². The van der Waals surface area contributed by atoms with Crippen LogP contribution in [0.1, 0.15) is 97.8 Å². The van der Waals surface area contributed by atoms with Crippen LogP contribution < -0.4 is 0 Å². The predicted molar refractivity (Wildman–Crippen MR) is 148 cm³/mol. The average Bonchev–Trinajstić information content (AvgIpc) is 2.95. The SMILES string of the molecule is C[C@H](CC(=O)OCC(COC(=O)C[C@@H](C)OC1CCCCO1)OC(=O)C[C@@H](C)OC1CCCCO1)OC1CCCCO1. The van der Waals surface area contributed by atoms with Gasteiger partial charge in [-0.2, -0.15) is 0 Å². The van der Waals surface area contributed by atoms with E-state index in [-0.39, 0.29) is 51.3 Å². The van der Waals surface area contributed by atoms with E-state index in [1.54, 1.807) is 20.8 Å². The Kier molecular flexibility index (Phi) is 16.0. The third-order valence-corrected chi connectivity index (χ3v) is 7.09. The van der Waals surface area contributed by atoms with Crippen molar-refractivity contribution in [1.29, 1.82) is 0 Å². The molecule has 0 aliphatic carbocycles. The molecule has 0 bridgehead atoms. The van der Waals surface area contributed by atoms with Gasteiger partial charge in [0.05, 0.1) is 37.6 Å². The molecule has 0 aromatic carbocycles. The predicted octanol–water partition coefficient (Wildman–Crippen LogP) is 3.95. The summed E-state index contributed by atoms with van der Waals surface area (Å²) in [6, 6.07) is 0. The monoisotopic (exact) mass is 602 g/mol. The quantitative estimate of drug-likeness (QED) is 0.176. The van der Waals surface area contributed by atoms with E-state index < -0.39 is 42.3 Å². The molecule has 3 aliphatic heterocycles. The lowest BCUT2D eigenvalue weighted by atomic mass is 10.2. The van der Waals surface area contributed by atoms with Crippen molar-refractivity contribution in [3.8, 4) is 0 Å². The summed E-state index contributed by atoms with van der Waals surface area (Å²) in [5.41, 5.74) is 0. The largest absolute Gasteiger partial charge is 0.462 e. The lowest BCUT2D eigenvalue weighted by Gasteiger charge is -2.26. The summed E-state index contributed by atoms with van der Waals surface area (Å²) < 4.78 is 50.4. The Bertz CT molecular complexity index is 745. The number of hydrogen-bond donors (Lipinski definition) is 0. The van der Waals surface area contributed by atoms with Gasteiger partial charge in [0.2, 0.25) is 0 Å². The first-order valence-electron chi connectivity index (χ1n) is 15.6. The number of ether oxygens (including phenoxy) is 9. The van der Waals surface area contributed by atoms with Gasteiger partial charge in [0.1, 0.15) is 13.2 Å². The molecular weight excluding hydrogens is 552 g/mol. The van der Waals surface area contributed by atoms with E-state index in [1.165, 1.54) is 0 Å². The molecule has 0 N–H and O–H groups in total. The molecular formula is C30H50O12. The van der Waals surface area contributed by atoms with Crippen LogP contribution in [0.2, 0.25) is 0 Å². The second kappa shape index (κ2) is 19.4. The van der Waals surface area contributed by atoms with Gasteiger partial charge in [-0.3, -0.25) is 14.4 Å². The van der Waals surface area contributed by atoms with Gasteiger partial charge in [0.15, 0.2) is 25.0 Å². The standard InChI is InChI=1S/C30H50O12/c1-21(39-28-10-4-7-13-34-28)16-25(31)37-19-24(42-27(33)18-23(3)41-30-12-6-9-15-36-30)20-38-26(32)17-22(2)40-29-11-5-8-14-35-29/h21-24,28-30H,4-20H2,1-3H3/t21-,22-,23-,24?,28?,29?,30?/m1/s1. The van der Waals surface area contributed by atoms with E-state index in [1.807, 2.05) is 0 Å². The van der Waals surface area contributed by atoms with Gasteiger partial charge in [0, 0.05) is 19.8 Å². The second-order valence-electron chi connectivity index (χ2n) is 11.3. The van der Waals surface area contributed by atoms with Crippen molar-refractivity contribution in [3.05, 3.63) is 0 Å². The lowest BCUT2D eigenvalue weighted by Crippen LogP contribution is -2.34. The maximum atomic E-state index is 12.7. The normalized spacial score (nSPS) is 25.9. The molecule has 3 aliphatic rings. The molecule has 0 saturated carbocycles. The minimum absolute atomic E-state index is 0.00463. The Morgan fingerprint density at radius 2 is 0.929 bits per heavy atom.